The molecule has 0 aliphatic carbocycles. The van der Waals surface area contributed by atoms with Gasteiger partial charge in [0.1, 0.15) is 0 Å². The van der Waals surface area contributed by atoms with Gasteiger partial charge in [-0.3, -0.25) is 0 Å². The normalized spacial score (nSPS) is 23.7. The van der Waals surface area contributed by atoms with Gasteiger partial charge in [-0.15, -0.1) is 11.3 Å². The molecule has 0 spiro atoms. The average Bonchev–Trinajstić information content (AvgIpc) is 2.75. The molecule has 1 aromatic rings. The Bertz CT molecular complexity index is 294. The SMILES string of the molecule is Cc1cnc(NC(C)C2CCOC2)s1. The van der Waals surface area contributed by atoms with Crippen LogP contribution in [0.2, 0.25) is 0 Å². The molecule has 78 valence electrons. The van der Waals surface area contributed by atoms with E-state index >= 15 is 0 Å². The van der Waals surface area contributed by atoms with Crippen molar-refractivity contribution >= 4 is 16.5 Å². The minimum absolute atomic E-state index is 0.461. The molecular weight excluding hydrogens is 196 g/mol. The lowest BCUT2D eigenvalue weighted by Crippen LogP contribution is -2.25. The molecule has 1 fully saturated rings. The molecule has 2 unspecified atom stereocenters. The number of aromatic nitrogens is 1. The Morgan fingerprint density at radius 3 is 3.14 bits per heavy atom. The van der Waals surface area contributed by atoms with Crippen molar-refractivity contribution in [3.05, 3.63) is 11.1 Å². The second kappa shape index (κ2) is 4.28. The second-order valence-electron chi connectivity index (χ2n) is 3.83. The molecule has 3 nitrogen and oxygen atoms in total. The van der Waals surface area contributed by atoms with Crippen LogP contribution in [0.1, 0.15) is 18.2 Å². The molecule has 0 amide bonds. The molecule has 1 aliphatic rings. The van der Waals surface area contributed by atoms with E-state index in [1.807, 2.05) is 6.20 Å². The summed E-state index contributed by atoms with van der Waals surface area (Å²) in [5.74, 6) is 0.638. The highest BCUT2D eigenvalue weighted by Crippen LogP contribution is 2.22. The molecule has 1 aromatic heterocycles. The Morgan fingerprint density at radius 2 is 2.57 bits per heavy atom. The molecule has 4 heteroatoms. The van der Waals surface area contributed by atoms with Gasteiger partial charge >= 0.3 is 0 Å². The van der Waals surface area contributed by atoms with Crippen molar-refractivity contribution in [3.8, 4) is 0 Å². The Hall–Kier alpha value is -0.610. The fourth-order valence-electron chi connectivity index (χ4n) is 1.68. The fraction of sp³-hybridized carbons (Fsp3) is 0.700. The molecule has 1 saturated heterocycles. The molecule has 0 bridgehead atoms. The number of aryl methyl sites for hydroxylation is 1. The molecular formula is C10H16N2OS. The number of rotatable bonds is 3. The third-order valence-electron chi connectivity index (χ3n) is 2.64. The fourth-order valence-corrected chi connectivity index (χ4v) is 2.44. The molecule has 2 heterocycles. The van der Waals surface area contributed by atoms with Crippen molar-refractivity contribution in [2.45, 2.75) is 26.3 Å². The summed E-state index contributed by atoms with van der Waals surface area (Å²) >= 11 is 1.71. The molecule has 0 saturated carbocycles. The predicted molar refractivity (Wildman–Crippen MR) is 58.9 cm³/mol. The van der Waals surface area contributed by atoms with E-state index in [4.69, 9.17) is 4.74 Å². The van der Waals surface area contributed by atoms with Crippen LogP contribution in [-0.2, 0) is 4.74 Å². The van der Waals surface area contributed by atoms with Crippen molar-refractivity contribution in [2.75, 3.05) is 18.5 Å². The summed E-state index contributed by atoms with van der Waals surface area (Å²) in [6.45, 7) is 6.08. The van der Waals surface area contributed by atoms with Crippen LogP contribution in [-0.4, -0.2) is 24.2 Å². The highest BCUT2D eigenvalue weighted by Gasteiger charge is 2.22. The Balaban J connectivity index is 1.90. The van der Waals surface area contributed by atoms with E-state index in [1.54, 1.807) is 11.3 Å². The van der Waals surface area contributed by atoms with Gasteiger partial charge in [0.15, 0.2) is 5.13 Å². The summed E-state index contributed by atoms with van der Waals surface area (Å²) in [5, 5.41) is 4.46. The number of hydrogen-bond acceptors (Lipinski definition) is 4. The third kappa shape index (κ3) is 2.25. The maximum atomic E-state index is 5.36. The van der Waals surface area contributed by atoms with Gasteiger partial charge in [0.05, 0.1) is 6.61 Å². The van der Waals surface area contributed by atoms with Gasteiger partial charge in [-0.1, -0.05) is 0 Å². The zero-order valence-electron chi connectivity index (χ0n) is 8.62. The van der Waals surface area contributed by atoms with Crippen molar-refractivity contribution in [2.24, 2.45) is 5.92 Å². The van der Waals surface area contributed by atoms with Crippen LogP contribution in [0.15, 0.2) is 6.20 Å². The highest BCUT2D eigenvalue weighted by molar-refractivity contribution is 7.15. The van der Waals surface area contributed by atoms with Crippen molar-refractivity contribution in [1.29, 1.82) is 0 Å². The van der Waals surface area contributed by atoms with Gasteiger partial charge in [0.25, 0.3) is 0 Å². The van der Waals surface area contributed by atoms with Crippen LogP contribution in [0.4, 0.5) is 5.13 Å². The Morgan fingerprint density at radius 1 is 1.71 bits per heavy atom. The van der Waals surface area contributed by atoms with Crippen LogP contribution >= 0.6 is 11.3 Å². The minimum atomic E-state index is 0.461. The molecule has 0 radical (unpaired) electrons. The van der Waals surface area contributed by atoms with Crippen LogP contribution in [0.25, 0.3) is 0 Å². The Labute approximate surface area is 88.5 Å². The van der Waals surface area contributed by atoms with Crippen LogP contribution in [0, 0.1) is 12.8 Å². The van der Waals surface area contributed by atoms with Crippen molar-refractivity contribution in [3.63, 3.8) is 0 Å². The van der Waals surface area contributed by atoms with Crippen LogP contribution < -0.4 is 5.32 Å². The number of anilines is 1. The van der Waals surface area contributed by atoms with E-state index < -0.39 is 0 Å². The maximum Gasteiger partial charge on any atom is 0.183 e. The summed E-state index contributed by atoms with van der Waals surface area (Å²) < 4.78 is 5.36. The van der Waals surface area contributed by atoms with E-state index in [-0.39, 0.29) is 0 Å². The first-order valence-electron chi connectivity index (χ1n) is 5.02. The molecule has 1 N–H and O–H groups in total. The first kappa shape index (κ1) is 9.93. The van der Waals surface area contributed by atoms with Gasteiger partial charge < -0.3 is 10.1 Å². The van der Waals surface area contributed by atoms with Gasteiger partial charge in [0.2, 0.25) is 0 Å². The minimum Gasteiger partial charge on any atom is -0.381 e. The lowest BCUT2D eigenvalue weighted by molar-refractivity contribution is 0.183. The summed E-state index contributed by atoms with van der Waals surface area (Å²) in [4.78, 5) is 5.55. The van der Waals surface area contributed by atoms with Gasteiger partial charge in [0, 0.05) is 29.6 Å². The maximum absolute atomic E-state index is 5.36. The van der Waals surface area contributed by atoms with Gasteiger partial charge in [-0.25, -0.2) is 4.98 Å². The van der Waals surface area contributed by atoms with Gasteiger partial charge in [-0.2, -0.15) is 0 Å². The van der Waals surface area contributed by atoms with E-state index in [1.165, 1.54) is 11.3 Å². The number of hydrogen-bond donors (Lipinski definition) is 1. The van der Waals surface area contributed by atoms with E-state index in [0.29, 0.717) is 12.0 Å². The van der Waals surface area contributed by atoms with Gasteiger partial charge in [-0.05, 0) is 20.3 Å². The lowest BCUT2D eigenvalue weighted by atomic mass is 10.0. The number of thiazole rings is 1. The molecule has 2 rings (SSSR count). The van der Waals surface area contributed by atoms with E-state index in [2.05, 4.69) is 24.1 Å². The molecule has 14 heavy (non-hydrogen) atoms. The molecule has 0 aromatic carbocycles. The number of ether oxygens (including phenoxy) is 1. The summed E-state index contributed by atoms with van der Waals surface area (Å²) in [5.41, 5.74) is 0. The monoisotopic (exact) mass is 212 g/mol. The van der Waals surface area contributed by atoms with Crippen LogP contribution in [0.5, 0.6) is 0 Å². The Kier molecular flexibility index (Phi) is 3.03. The van der Waals surface area contributed by atoms with E-state index in [0.717, 1.165) is 18.3 Å². The highest BCUT2D eigenvalue weighted by atomic mass is 32.1. The second-order valence-corrected chi connectivity index (χ2v) is 5.07. The largest absolute Gasteiger partial charge is 0.381 e. The lowest BCUT2D eigenvalue weighted by Gasteiger charge is -2.18. The van der Waals surface area contributed by atoms with E-state index in [9.17, 15) is 0 Å². The predicted octanol–water partition coefficient (Wildman–Crippen LogP) is 2.29. The summed E-state index contributed by atoms with van der Waals surface area (Å²) in [6.07, 6.45) is 3.07. The first-order chi connectivity index (χ1) is 6.75. The average molecular weight is 212 g/mol. The quantitative estimate of drug-likeness (QED) is 0.834. The smallest absolute Gasteiger partial charge is 0.183 e. The number of nitrogens with zero attached hydrogens (tertiary/aromatic N) is 1. The van der Waals surface area contributed by atoms with Crippen molar-refractivity contribution < 1.29 is 4.74 Å². The summed E-state index contributed by atoms with van der Waals surface area (Å²) in [7, 11) is 0. The first-order valence-corrected chi connectivity index (χ1v) is 5.84. The third-order valence-corrected chi connectivity index (χ3v) is 3.49. The topological polar surface area (TPSA) is 34.2 Å². The van der Waals surface area contributed by atoms with Crippen molar-refractivity contribution in [1.82, 2.24) is 4.98 Å². The van der Waals surface area contributed by atoms with Crippen LogP contribution in [0.3, 0.4) is 0 Å². The number of nitrogens with one attached hydrogen (secondary N) is 1. The standard InChI is InChI=1S/C10H16N2OS/c1-7-5-11-10(14-7)12-8(2)9-3-4-13-6-9/h5,8-9H,3-4,6H2,1-2H3,(H,11,12). The molecule has 2 atom stereocenters. The zero-order valence-corrected chi connectivity index (χ0v) is 9.43. The molecule has 1 aliphatic heterocycles. The zero-order chi connectivity index (χ0) is 9.97. The summed E-state index contributed by atoms with van der Waals surface area (Å²) in [6, 6.07) is 0.461.